The summed E-state index contributed by atoms with van der Waals surface area (Å²) >= 11 is 5.17. The van der Waals surface area contributed by atoms with Crippen molar-refractivity contribution in [3.05, 3.63) is 35.9 Å². The first-order valence-corrected chi connectivity index (χ1v) is 8.95. The molecule has 1 saturated carbocycles. The Kier molecular flexibility index (Phi) is 5.11. The van der Waals surface area contributed by atoms with Gasteiger partial charge in [-0.15, -0.1) is 0 Å². The van der Waals surface area contributed by atoms with Gasteiger partial charge in [0.25, 0.3) is 0 Å². The van der Waals surface area contributed by atoms with Crippen LogP contribution in [0.2, 0.25) is 0 Å². The van der Waals surface area contributed by atoms with E-state index in [1.807, 2.05) is 30.3 Å². The summed E-state index contributed by atoms with van der Waals surface area (Å²) in [5.74, 6) is -3.66. The van der Waals surface area contributed by atoms with E-state index in [1.165, 1.54) is 14.2 Å². The van der Waals surface area contributed by atoms with Crippen molar-refractivity contribution in [2.75, 3.05) is 14.2 Å². The highest BCUT2D eigenvalue weighted by atomic mass is 32.1. The van der Waals surface area contributed by atoms with Crippen molar-refractivity contribution in [1.29, 1.82) is 0 Å². The molecule has 0 radical (unpaired) electrons. The van der Waals surface area contributed by atoms with E-state index in [-0.39, 0.29) is 6.42 Å². The molecule has 5 atom stereocenters. The van der Waals surface area contributed by atoms with E-state index in [4.69, 9.17) is 21.7 Å². The van der Waals surface area contributed by atoms with Crippen LogP contribution in [0, 0.1) is 11.8 Å². The maximum Gasteiger partial charge on any atom is 0.313 e. The molecule has 4 N–H and O–H groups in total. The number of aliphatic hydroxyl groups is 1. The molecular weight excluding hydrogens is 370 g/mol. The summed E-state index contributed by atoms with van der Waals surface area (Å²) in [6.45, 7) is 1.56. The van der Waals surface area contributed by atoms with Crippen LogP contribution in [0.1, 0.15) is 24.8 Å². The van der Waals surface area contributed by atoms with Crippen LogP contribution < -0.4 is 16.2 Å². The minimum absolute atomic E-state index is 0.0238. The zero-order valence-corrected chi connectivity index (χ0v) is 16.1. The number of carbonyl (C=O) groups is 2. The summed E-state index contributed by atoms with van der Waals surface area (Å²) in [7, 11) is 2.55. The van der Waals surface area contributed by atoms with Gasteiger partial charge in [-0.25, -0.2) is 5.43 Å². The number of rotatable bonds is 3. The van der Waals surface area contributed by atoms with Crippen LogP contribution in [0.15, 0.2) is 30.3 Å². The van der Waals surface area contributed by atoms with Gasteiger partial charge in [0.05, 0.1) is 25.7 Å². The number of thiocarbonyl (C=S) groups is 1. The van der Waals surface area contributed by atoms with Crippen LogP contribution in [0.4, 0.5) is 0 Å². The van der Waals surface area contributed by atoms with Crippen molar-refractivity contribution in [3.8, 4) is 0 Å². The maximum atomic E-state index is 12.9. The van der Waals surface area contributed by atoms with Crippen molar-refractivity contribution >= 4 is 29.3 Å². The van der Waals surface area contributed by atoms with Gasteiger partial charge in [-0.1, -0.05) is 30.3 Å². The van der Waals surface area contributed by atoms with Gasteiger partial charge in [0.15, 0.2) is 5.11 Å². The molecule has 1 aliphatic carbocycles. The fraction of sp³-hybridized carbons (Fsp3) is 0.500. The predicted octanol–water partition coefficient (Wildman–Crippen LogP) is 0.182. The summed E-state index contributed by atoms with van der Waals surface area (Å²) < 4.78 is 10.0. The Bertz CT molecular complexity index is 757. The summed E-state index contributed by atoms with van der Waals surface area (Å²) in [5, 5.41) is 14.6. The zero-order valence-electron chi connectivity index (χ0n) is 15.3. The molecule has 3 rings (SSSR count). The van der Waals surface area contributed by atoms with E-state index < -0.39 is 41.0 Å². The number of carbonyl (C=O) groups excluding carboxylic acids is 2. The molecule has 2 fully saturated rings. The molecule has 1 aliphatic heterocycles. The molecular formula is C18H23N3O5S. The molecule has 0 bridgehead atoms. The second kappa shape index (κ2) is 7.06. The van der Waals surface area contributed by atoms with Crippen molar-refractivity contribution in [3.63, 3.8) is 0 Å². The molecule has 27 heavy (non-hydrogen) atoms. The second-order valence-corrected chi connectivity index (χ2v) is 7.56. The first kappa shape index (κ1) is 19.5. The molecule has 0 unspecified atom stereocenters. The van der Waals surface area contributed by atoms with Gasteiger partial charge in [-0.3, -0.25) is 15.0 Å². The molecule has 1 aromatic rings. The Morgan fingerprint density at radius 1 is 1.15 bits per heavy atom. The third kappa shape index (κ3) is 3.26. The average molecular weight is 393 g/mol. The predicted molar refractivity (Wildman–Crippen MR) is 100 cm³/mol. The zero-order chi connectivity index (χ0) is 19.8. The smallest absolute Gasteiger partial charge is 0.313 e. The van der Waals surface area contributed by atoms with E-state index in [0.717, 1.165) is 0 Å². The summed E-state index contributed by atoms with van der Waals surface area (Å²) in [5.41, 5.74) is 3.90. The quantitative estimate of drug-likeness (QED) is 0.422. The lowest BCUT2D eigenvalue weighted by atomic mass is 9.58. The van der Waals surface area contributed by atoms with Crippen molar-refractivity contribution in [2.24, 2.45) is 11.8 Å². The highest BCUT2D eigenvalue weighted by Gasteiger charge is 2.65. The minimum atomic E-state index is -1.49. The number of methoxy groups -OCH3 is 2. The van der Waals surface area contributed by atoms with Gasteiger partial charge >= 0.3 is 11.9 Å². The molecule has 1 saturated heterocycles. The normalized spacial score (nSPS) is 35.3. The molecule has 9 heteroatoms. The lowest BCUT2D eigenvalue weighted by molar-refractivity contribution is -0.177. The highest BCUT2D eigenvalue weighted by molar-refractivity contribution is 7.80. The molecule has 1 heterocycles. The topological polar surface area (TPSA) is 109 Å². The Morgan fingerprint density at radius 2 is 1.74 bits per heavy atom. The van der Waals surface area contributed by atoms with Gasteiger partial charge in [0.1, 0.15) is 11.6 Å². The second-order valence-electron chi connectivity index (χ2n) is 7.15. The van der Waals surface area contributed by atoms with Crippen molar-refractivity contribution in [2.45, 2.75) is 30.5 Å². The third-order valence-electron chi connectivity index (χ3n) is 5.39. The number of esters is 2. The van der Waals surface area contributed by atoms with Gasteiger partial charge < -0.3 is 19.9 Å². The van der Waals surface area contributed by atoms with Crippen LogP contribution in [-0.4, -0.2) is 47.6 Å². The van der Waals surface area contributed by atoms with Crippen LogP contribution in [0.3, 0.4) is 0 Å². The Morgan fingerprint density at radius 3 is 2.26 bits per heavy atom. The molecule has 2 aliphatic rings. The van der Waals surface area contributed by atoms with E-state index in [0.29, 0.717) is 10.7 Å². The number of hydrazine groups is 1. The largest absolute Gasteiger partial charge is 0.469 e. The molecule has 1 spiro atoms. The van der Waals surface area contributed by atoms with E-state index in [1.54, 1.807) is 6.92 Å². The number of nitrogens with one attached hydrogen (secondary N) is 3. The Hall–Kier alpha value is -2.23. The summed E-state index contributed by atoms with van der Waals surface area (Å²) in [6, 6.07) is 9.08. The van der Waals surface area contributed by atoms with Crippen molar-refractivity contribution < 1.29 is 24.2 Å². The van der Waals surface area contributed by atoms with Crippen molar-refractivity contribution in [1.82, 2.24) is 16.2 Å². The monoisotopic (exact) mass is 393 g/mol. The fourth-order valence-electron chi connectivity index (χ4n) is 4.41. The van der Waals surface area contributed by atoms with Crippen LogP contribution in [0.25, 0.3) is 0 Å². The fourth-order valence-corrected chi connectivity index (χ4v) is 4.64. The SMILES string of the molecule is COC(=O)[C@@H]1[C@H](c2ccccc2)[C@H](C(=O)OC)[C@](C)(O)C[C@@]12NNC(=S)N2. The van der Waals surface area contributed by atoms with Gasteiger partial charge in [0.2, 0.25) is 0 Å². The van der Waals surface area contributed by atoms with E-state index in [9.17, 15) is 14.7 Å². The highest BCUT2D eigenvalue weighted by Crippen LogP contribution is 2.51. The Balaban J connectivity index is 2.22. The number of hydrogen-bond acceptors (Lipinski definition) is 7. The van der Waals surface area contributed by atoms with Crippen LogP contribution >= 0.6 is 12.2 Å². The average Bonchev–Trinajstić information content (AvgIpc) is 3.00. The van der Waals surface area contributed by atoms with Crippen LogP contribution in [-0.2, 0) is 19.1 Å². The lowest BCUT2D eigenvalue weighted by Crippen LogP contribution is -2.70. The van der Waals surface area contributed by atoms with Crippen LogP contribution in [0.5, 0.6) is 0 Å². The molecule has 0 amide bonds. The number of hydrogen-bond donors (Lipinski definition) is 4. The van der Waals surface area contributed by atoms with E-state index in [2.05, 4.69) is 16.2 Å². The molecule has 1 aromatic carbocycles. The number of benzene rings is 1. The Labute approximate surface area is 162 Å². The van der Waals surface area contributed by atoms with Gasteiger partial charge in [0, 0.05) is 12.3 Å². The first-order valence-electron chi connectivity index (χ1n) is 8.54. The molecule has 146 valence electrons. The molecule has 0 aromatic heterocycles. The first-order chi connectivity index (χ1) is 12.8. The third-order valence-corrected chi connectivity index (χ3v) is 5.59. The lowest BCUT2D eigenvalue weighted by Gasteiger charge is -2.52. The van der Waals surface area contributed by atoms with Gasteiger partial charge in [-0.05, 0) is 24.7 Å². The maximum absolute atomic E-state index is 12.9. The number of ether oxygens (including phenoxy) is 2. The molecule has 8 nitrogen and oxygen atoms in total. The summed E-state index contributed by atoms with van der Waals surface area (Å²) in [4.78, 5) is 25.6. The minimum Gasteiger partial charge on any atom is -0.469 e. The summed E-state index contributed by atoms with van der Waals surface area (Å²) in [6.07, 6.45) is 0.0238. The van der Waals surface area contributed by atoms with E-state index >= 15 is 0 Å². The standard InChI is InChI=1S/C18H23N3O5S/c1-17(24)9-18(19-16(27)20-21-18)13(15(23)26-3)11(12(17)14(22)25-2)10-7-5-4-6-8-10/h4-8,11-13,21,24H,9H2,1-3H3,(H2,19,20,27)/t11-,12-,13+,17-,18-/m1/s1. The van der Waals surface area contributed by atoms with Gasteiger partial charge in [-0.2, -0.15) is 0 Å².